The van der Waals surface area contributed by atoms with E-state index in [9.17, 15) is 14.3 Å². The number of hydrogen-bond acceptors (Lipinski definition) is 3. The van der Waals surface area contributed by atoms with Gasteiger partial charge in [-0.15, -0.1) is 11.8 Å². The summed E-state index contributed by atoms with van der Waals surface area (Å²) in [5.41, 5.74) is 0. The standard InChI is InChI=1S/C15H25FN2O2S/c1-10(2)6-5-7-18(15(20)17-4)14-12(16)8-11(3)13(9-19)21-14/h5-6,10-14,19H,4,7-9H2,1-3H3/b6-5-/t11?,12-,13?,14?/m0/s1. The Balaban J connectivity index is 2.85. The van der Waals surface area contributed by atoms with E-state index < -0.39 is 17.6 Å². The van der Waals surface area contributed by atoms with Gasteiger partial charge in [-0.25, -0.2) is 14.2 Å². The van der Waals surface area contributed by atoms with Crippen molar-refractivity contribution in [3.05, 3.63) is 12.2 Å². The van der Waals surface area contributed by atoms with Crippen molar-refractivity contribution in [2.75, 3.05) is 13.2 Å². The lowest BCUT2D eigenvalue weighted by Crippen LogP contribution is -2.48. The van der Waals surface area contributed by atoms with Crippen molar-refractivity contribution >= 4 is 24.5 Å². The zero-order valence-corrected chi connectivity index (χ0v) is 13.7. The first kappa shape index (κ1) is 18.2. The van der Waals surface area contributed by atoms with Crippen LogP contribution in [0, 0.1) is 11.8 Å². The van der Waals surface area contributed by atoms with Gasteiger partial charge in [0.15, 0.2) is 0 Å². The number of halogens is 1. The second-order valence-corrected chi connectivity index (χ2v) is 7.10. The molecule has 3 unspecified atom stereocenters. The smallest absolute Gasteiger partial charge is 0.344 e. The van der Waals surface area contributed by atoms with Gasteiger partial charge in [0.25, 0.3) is 0 Å². The van der Waals surface area contributed by atoms with Crippen molar-refractivity contribution in [2.24, 2.45) is 16.8 Å². The third-order valence-corrected chi connectivity index (χ3v) is 5.34. The van der Waals surface area contributed by atoms with Crippen LogP contribution >= 0.6 is 11.8 Å². The highest BCUT2D eigenvalue weighted by Gasteiger charge is 2.40. The van der Waals surface area contributed by atoms with Crippen molar-refractivity contribution in [3.63, 3.8) is 0 Å². The van der Waals surface area contributed by atoms with Crippen molar-refractivity contribution in [1.82, 2.24) is 4.90 Å². The van der Waals surface area contributed by atoms with Gasteiger partial charge in [0.2, 0.25) is 0 Å². The third-order valence-electron chi connectivity index (χ3n) is 3.55. The molecule has 0 aromatic rings. The van der Waals surface area contributed by atoms with Crippen LogP contribution in [0.1, 0.15) is 27.2 Å². The quantitative estimate of drug-likeness (QED) is 0.626. The highest BCUT2D eigenvalue weighted by Crippen LogP contribution is 2.39. The largest absolute Gasteiger partial charge is 0.395 e. The molecule has 0 spiro atoms. The second-order valence-electron chi connectivity index (χ2n) is 5.74. The van der Waals surface area contributed by atoms with Gasteiger partial charge in [0, 0.05) is 11.8 Å². The number of carbonyl (C=O) groups is 1. The molecule has 0 saturated carbocycles. The highest BCUT2D eigenvalue weighted by molar-refractivity contribution is 8.00. The Kier molecular flexibility index (Phi) is 7.39. The minimum atomic E-state index is -1.12. The third kappa shape index (κ3) is 5.11. The molecule has 6 heteroatoms. The normalized spacial score (nSPS) is 29.8. The van der Waals surface area contributed by atoms with Gasteiger partial charge >= 0.3 is 6.03 Å². The summed E-state index contributed by atoms with van der Waals surface area (Å²) in [6.45, 7) is 9.53. The van der Waals surface area contributed by atoms with Gasteiger partial charge in [-0.05, 0) is 25.0 Å². The number of amides is 2. The Morgan fingerprint density at radius 2 is 2.29 bits per heavy atom. The zero-order valence-electron chi connectivity index (χ0n) is 12.9. The SMILES string of the molecule is C=NC(=O)N(C/C=C\C(C)C)C1SC(CO)C(C)C[C@@H]1F. The molecule has 1 N–H and O–H groups in total. The summed E-state index contributed by atoms with van der Waals surface area (Å²) in [6, 6.07) is -0.519. The first-order valence-electron chi connectivity index (χ1n) is 7.25. The summed E-state index contributed by atoms with van der Waals surface area (Å²) in [4.78, 5) is 16.8. The minimum Gasteiger partial charge on any atom is -0.395 e. The van der Waals surface area contributed by atoms with Gasteiger partial charge in [-0.2, -0.15) is 0 Å². The summed E-state index contributed by atoms with van der Waals surface area (Å²) >= 11 is 1.32. The van der Waals surface area contributed by atoms with Gasteiger partial charge in [-0.3, -0.25) is 0 Å². The fraction of sp³-hybridized carbons (Fsp3) is 0.733. The number of nitrogens with zero attached hydrogens (tertiary/aromatic N) is 2. The molecule has 0 aliphatic carbocycles. The Morgan fingerprint density at radius 1 is 1.62 bits per heavy atom. The Labute approximate surface area is 130 Å². The summed E-state index contributed by atoms with van der Waals surface area (Å²) in [7, 11) is 0. The molecule has 0 aromatic heterocycles. The molecule has 1 saturated heterocycles. The monoisotopic (exact) mass is 316 g/mol. The average Bonchev–Trinajstić information content (AvgIpc) is 2.43. The van der Waals surface area contributed by atoms with Crippen LogP contribution in [0.25, 0.3) is 0 Å². The van der Waals surface area contributed by atoms with Crippen LogP contribution in [-0.2, 0) is 0 Å². The predicted octanol–water partition coefficient (Wildman–Crippen LogP) is 3.12. The molecule has 4 nitrogen and oxygen atoms in total. The molecule has 1 aliphatic heterocycles. The molecule has 21 heavy (non-hydrogen) atoms. The van der Waals surface area contributed by atoms with E-state index in [-0.39, 0.29) is 17.8 Å². The van der Waals surface area contributed by atoms with Crippen LogP contribution in [0.4, 0.5) is 9.18 Å². The molecule has 1 rings (SSSR count). The second kappa shape index (κ2) is 8.54. The molecule has 2 amide bonds. The van der Waals surface area contributed by atoms with Crippen LogP contribution in [0.2, 0.25) is 0 Å². The van der Waals surface area contributed by atoms with E-state index in [0.717, 1.165) is 0 Å². The number of alkyl halides is 1. The van der Waals surface area contributed by atoms with Crippen LogP contribution in [0.5, 0.6) is 0 Å². The molecule has 0 radical (unpaired) electrons. The number of thioether (sulfide) groups is 1. The van der Waals surface area contributed by atoms with Gasteiger partial charge < -0.3 is 10.0 Å². The molecular formula is C15H25FN2O2S. The summed E-state index contributed by atoms with van der Waals surface area (Å²) in [5.74, 6) is 0.454. The summed E-state index contributed by atoms with van der Waals surface area (Å²) < 4.78 is 14.4. The van der Waals surface area contributed by atoms with Gasteiger partial charge in [0.1, 0.15) is 11.5 Å². The predicted molar refractivity (Wildman–Crippen MR) is 86.6 cm³/mol. The lowest BCUT2D eigenvalue weighted by atomic mass is 9.99. The van der Waals surface area contributed by atoms with E-state index in [1.54, 1.807) is 0 Å². The number of rotatable bonds is 5. The van der Waals surface area contributed by atoms with Crippen molar-refractivity contribution in [1.29, 1.82) is 0 Å². The fourth-order valence-electron chi connectivity index (χ4n) is 2.34. The molecular weight excluding hydrogens is 291 g/mol. The number of urea groups is 1. The van der Waals surface area contributed by atoms with E-state index in [2.05, 4.69) is 11.7 Å². The molecule has 120 valence electrons. The maximum absolute atomic E-state index is 14.4. The van der Waals surface area contributed by atoms with E-state index in [1.807, 2.05) is 32.9 Å². The van der Waals surface area contributed by atoms with Crippen molar-refractivity contribution in [3.8, 4) is 0 Å². The molecule has 0 aromatic carbocycles. The first-order chi connectivity index (χ1) is 9.90. The molecule has 0 bridgehead atoms. The zero-order chi connectivity index (χ0) is 16.0. The van der Waals surface area contributed by atoms with E-state index >= 15 is 0 Å². The average molecular weight is 316 g/mol. The molecule has 1 fully saturated rings. The lowest BCUT2D eigenvalue weighted by Gasteiger charge is -2.40. The first-order valence-corrected chi connectivity index (χ1v) is 8.19. The maximum atomic E-state index is 14.4. The maximum Gasteiger partial charge on any atom is 0.344 e. The number of aliphatic hydroxyl groups is 1. The van der Waals surface area contributed by atoms with Crippen molar-refractivity contribution in [2.45, 2.75) is 44.0 Å². The number of hydrogen-bond donors (Lipinski definition) is 1. The number of allylic oxidation sites excluding steroid dienone is 1. The fourth-order valence-corrected chi connectivity index (χ4v) is 3.77. The summed E-state index contributed by atoms with van der Waals surface area (Å²) in [5, 5.41) is 8.72. The topological polar surface area (TPSA) is 52.9 Å². The van der Waals surface area contributed by atoms with E-state index in [4.69, 9.17) is 0 Å². The number of carbonyl (C=O) groups excluding carboxylic acids is 1. The van der Waals surface area contributed by atoms with Crippen molar-refractivity contribution < 1.29 is 14.3 Å². The number of aliphatic hydroxyl groups excluding tert-OH is 1. The Hall–Kier alpha value is -0.880. The van der Waals surface area contributed by atoms with Crippen LogP contribution in [0.3, 0.4) is 0 Å². The number of aliphatic imine (C=N–C) groups is 1. The van der Waals surface area contributed by atoms with Crippen LogP contribution < -0.4 is 0 Å². The Bertz CT molecular complexity index is 390. The van der Waals surface area contributed by atoms with Crippen LogP contribution in [-0.4, -0.2) is 52.7 Å². The van der Waals surface area contributed by atoms with E-state index in [0.29, 0.717) is 18.9 Å². The van der Waals surface area contributed by atoms with Gasteiger partial charge in [-0.1, -0.05) is 32.9 Å². The minimum absolute atomic E-state index is 0.0135. The molecule has 4 atom stereocenters. The molecule has 1 heterocycles. The molecule has 1 aliphatic rings. The summed E-state index contributed by atoms with van der Waals surface area (Å²) in [6.07, 6.45) is 3.05. The lowest BCUT2D eigenvalue weighted by molar-refractivity contribution is 0.147. The Morgan fingerprint density at radius 3 is 2.81 bits per heavy atom. The highest BCUT2D eigenvalue weighted by atomic mass is 32.2. The van der Waals surface area contributed by atoms with E-state index in [1.165, 1.54) is 16.7 Å². The van der Waals surface area contributed by atoms with Crippen LogP contribution in [0.15, 0.2) is 17.1 Å². The van der Waals surface area contributed by atoms with Gasteiger partial charge in [0.05, 0.1) is 6.61 Å².